The van der Waals surface area contributed by atoms with Gasteiger partial charge in [0.1, 0.15) is 29.4 Å². The summed E-state index contributed by atoms with van der Waals surface area (Å²) in [5.41, 5.74) is 1.35. The van der Waals surface area contributed by atoms with E-state index in [2.05, 4.69) is 0 Å². The minimum atomic E-state index is -0.401. The number of ether oxygens (including phenoxy) is 3. The van der Waals surface area contributed by atoms with E-state index < -0.39 is 5.97 Å². The molecule has 0 aliphatic carbocycles. The van der Waals surface area contributed by atoms with Crippen molar-refractivity contribution >= 4 is 28.5 Å². The van der Waals surface area contributed by atoms with E-state index in [1.54, 1.807) is 55.5 Å². The highest BCUT2D eigenvalue weighted by Gasteiger charge is 2.15. The van der Waals surface area contributed by atoms with Gasteiger partial charge in [-0.15, -0.1) is 0 Å². The van der Waals surface area contributed by atoms with Crippen molar-refractivity contribution in [3.63, 3.8) is 0 Å². The van der Waals surface area contributed by atoms with Crippen molar-refractivity contribution < 1.29 is 23.4 Å². The summed E-state index contributed by atoms with van der Waals surface area (Å²) in [6, 6.07) is 18.8. The number of carbonyl (C=O) groups is 1. The SMILES string of the molecule is CCCOC(=O)c1ccc(Oc2c(C)oc3cc(OCc4ccccc4Cl)ccc3c2=O)cc1. The van der Waals surface area contributed by atoms with E-state index in [0.29, 0.717) is 45.4 Å². The molecule has 0 atom stereocenters. The summed E-state index contributed by atoms with van der Waals surface area (Å²) in [7, 11) is 0. The third kappa shape index (κ3) is 5.24. The molecule has 6 nitrogen and oxygen atoms in total. The number of carbonyl (C=O) groups excluding carboxylic acids is 1. The fourth-order valence-corrected chi connectivity index (χ4v) is 3.50. The van der Waals surface area contributed by atoms with Crippen molar-refractivity contribution in [2.75, 3.05) is 6.61 Å². The number of fused-ring (bicyclic) bond motifs is 1. The molecular formula is C27H23ClO6. The van der Waals surface area contributed by atoms with Crippen LogP contribution in [0.4, 0.5) is 0 Å². The molecule has 0 bridgehead atoms. The molecular weight excluding hydrogens is 456 g/mol. The highest BCUT2D eigenvalue weighted by Crippen LogP contribution is 2.28. The van der Waals surface area contributed by atoms with Gasteiger partial charge in [-0.2, -0.15) is 0 Å². The second-order valence-electron chi connectivity index (χ2n) is 7.62. The molecule has 3 aromatic carbocycles. The Morgan fingerprint density at radius 1 is 1.00 bits per heavy atom. The van der Waals surface area contributed by atoms with Gasteiger partial charge in [-0.05, 0) is 55.8 Å². The first kappa shape index (κ1) is 23.4. The second kappa shape index (κ2) is 10.4. The highest BCUT2D eigenvalue weighted by atomic mass is 35.5. The molecule has 174 valence electrons. The van der Waals surface area contributed by atoms with Gasteiger partial charge in [0, 0.05) is 16.7 Å². The van der Waals surface area contributed by atoms with Gasteiger partial charge in [-0.25, -0.2) is 4.79 Å². The van der Waals surface area contributed by atoms with Gasteiger partial charge in [0.25, 0.3) is 0 Å². The molecule has 1 heterocycles. The lowest BCUT2D eigenvalue weighted by molar-refractivity contribution is 0.0505. The monoisotopic (exact) mass is 478 g/mol. The average molecular weight is 479 g/mol. The third-order valence-corrected chi connectivity index (χ3v) is 5.45. The summed E-state index contributed by atoms with van der Waals surface area (Å²) in [5.74, 6) is 0.962. The highest BCUT2D eigenvalue weighted by molar-refractivity contribution is 6.31. The lowest BCUT2D eigenvalue weighted by Gasteiger charge is -2.11. The van der Waals surface area contributed by atoms with E-state index in [-0.39, 0.29) is 17.8 Å². The summed E-state index contributed by atoms with van der Waals surface area (Å²) < 4.78 is 22.6. The van der Waals surface area contributed by atoms with Gasteiger partial charge < -0.3 is 18.6 Å². The fraction of sp³-hybridized carbons (Fsp3) is 0.185. The first-order valence-corrected chi connectivity index (χ1v) is 11.2. The van der Waals surface area contributed by atoms with Gasteiger partial charge in [-0.1, -0.05) is 36.7 Å². The van der Waals surface area contributed by atoms with Crippen LogP contribution in [0, 0.1) is 6.92 Å². The van der Waals surface area contributed by atoms with Crippen molar-refractivity contribution in [3.8, 4) is 17.2 Å². The number of halogens is 1. The van der Waals surface area contributed by atoms with Crippen LogP contribution in [0.15, 0.2) is 75.9 Å². The molecule has 7 heteroatoms. The van der Waals surface area contributed by atoms with Gasteiger partial charge in [0.2, 0.25) is 11.2 Å². The molecule has 34 heavy (non-hydrogen) atoms. The Bertz CT molecular complexity index is 1370. The summed E-state index contributed by atoms with van der Waals surface area (Å²) in [6.07, 6.45) is 0.749. The molecule has 0 aliphatic rings. The van der Waals surface area contributed by atoms with E-state index in [1.807, 2.05) is 25.1 Å². The number of aryl methyl sites for hydroxylation is 1. The minimum Gasteiger partial charge on any atom is -0.489 e. The first-order valence-electron chi connectivity index (χ1n) is 10.8. The molecule has 0 saturated carbocycles. The lowest BCUT2D eigenvalue weighted by atomic mass is 10.2. The van der Waals surface area contributed by atoms with E-state index in [9.17, 15) is 9.59 Å². The zero-order valence-corrected chi connectivity index (χ0v) is 19.6. The Balaban J connectivity index is 1.53. The van der Waals surface area contributed by atoms with Gasteiger partial charge in [0.15, 0.2) is 0 Å². The second-order valence-corrected chi connectivity index (χ2v) is 8.02. The summed E-state index contributed by atoms with van der Waals surface area (Å²) in [4.78, 5) is 25.0. The van der Waals surface area contributed by atoms with Crippen LogP contribution in [0.2, 0.25) is 5.02 Å². The zero-order chi connectivity index (χ0) is 24.1. The molecule has 0 spiro atoms. The number of esters is 1. The number of hydrogen-bond acceptors (Lipinski definition) is 6. The molecule has 4 rings (SSSR count). The van der Waals surface area contributed by atoms with Crippen LogP contribution in [0.3, 0.4) is 0 Å². The van der Waals surface area contributed by atoms with Crippen LogP contribution in [-0.4, -0.2) is 12.6 Å². The number of benzene rings is 3. The smallest absolute Gasteiger partial charge is 0.338 e. The molecule has 0 N–H and O–H groups in total. The van der Waals surface area contributed by atoms with Gasteiger partial charge in [0.05, 0.1) is 17.6 Å². The quantitative estimate of drug-likeness (QED) is 0.262. The molecule has 0 aliphatic heterocycles. The van der Waals surface area contributed by atoms with Crippen molar-refractivity contribution in [1.29, 1.82) is 0 Å². The summed E-state index contributed by atoms with van der Waals surface area (Å²) in [6.45, 7) is 4.24. The largest absolute Gasteiger partial charge is 0.489 e. The Hall–Kier alpha value is -3.77. The van der Waals surface area contributed by atoms with Crippen molar-refractivity contribution in [2.24, 2.45) is 0 Å². The Labute approximate surface area is 201 Å². The van der Waals surface area contributed by atoms with E-state index in [1.165, 1.54) is 0 Å². The maximum atomic E-state index is 13.1. The maximum Gasteiger partial charge on any atom is 0.338 e. The molecule has 0 unspecified atom stereocenters. The molecule has 0 amide bonds. The van der Waals surface area contributed by atoms with E-state index in [4.69, 9.17) is 30.2 Å². The molecule has 0 fully saturated rings. The van der Waals surface area contributed by atoms with Crippen LogP contribution in [0.25, 0.3) is 11.0 Å². The van der Waals surface area contributed by atoms with Crippen molar-refractivity contribution in [3.05, 3.63) is 98.9 Å². The van der Waals surface area contributed by atoms with Crippen LogP contribution in [-0.2, 0) is 11.3 Å². The van der Waals surface area contributed by atoms with E-state index >= 15 is 0 Å². The van der Waals surface area contributed by atoms with Crippen LogP contribution < -0.4 is 14.9 Å². The Morgan fingerprint density at radius 2 is 1.74 bits per heavy atom. The third-order valence-electron chi connectivity index (χ3n) is 5.09. The predicted octanol–water partition coefficient (Wildman–Crippen LogP) is 6.69. The Morgan fingerprint density at radius 3 is 2.47 bits per heavy atom. The topological polar surface area (TPSA) is 75.0 Å². The molecule has 1 aromatic heterocycles. The van der Waals surface area contributed by atoms with Crippen molar-refractivity contribution in [2.45, 2.75) is 26.9 Å². The number of hydrogen-bond donors (Lipinski definition) is 0. The van der Waals surface area contributed by atoms with Gasteiger partial charge >= 0.3 is 5.97 Å². The van der Waals surface area contributed by atoms with Crippen LogP contribution >= 0.6 is 11.6 Å². The normalized spacial score (nSPS) is 10.8. The molecule has 4 aromatic rings. The predicted molar refractivity (Wildman–Crippen MR) is 130 cm³/mol. The summed E-state index contributed by atoms with van der Waals surface area (Å²) in [5, 5.41) is 0.990. The Kier molecular flexibility index (Phi) is 7.18. The fourth-order valence-electron chi connectivity index (χ4n) is 3.31. The minimum absolute atomic E-state index is 0.0820. The first-order chi connectivity index (χ1) is 16.5. The number of rotatable bonds is 8. The van der Waals surface area contributed by atoms with E-state index in [0.717, 1.165) is 12.0 Å². The van der Waals surface area contributed by atoms with Crippen LogP contribution in [0.1, 0.15) is 35.0 Å². The lowest BCUT2D eigenvalue weighted by Crippen LogP contribution is -2.08. The summed E-state index contributed by atoms with van der Waals surface area (Å²) >= 11 is 6.18. The van der Waals surface area contributed by atoms with Gasteiger partial charge in [-0.3, -0.25) is 4.79 Å². The zero-order valence-electron chi connectivity index (χ0n) is 18.8. The standard InChI is InChI=1S/C27H23ClO6/c1-3-14-31-27(30)18-8-10-20(11-9-18)34-26-17(2)33-24-15-21(12-13-22(24)25(26)29)32-16-19-6-4-5-7-23(19)28/h4-13,15H,3,14,16H2,1-2H3. The molecule has 0 radical (unpaired) electrons. The van der Waals surface area contributed by atoms with Crippen LogP contribution in [0.5, 0.6) is 17.2 Å². The maximum absolute atomic E-state index is 13.1. The van der Waals surface area contributed by atoms with Crippen molar-refractivity contribution in [1.82, 2.24) is 0 Å². The molecule has 0 saturated heterocycles. The average Bonchev–Trinajstić information content (AvgIpc) is 2.85.